The second-order valence-corrected chi connectivity index (χ2v) is 11.6. The van der Waals surface area contributed by atoms with Gasteiger partial charge in [0.15, 0.2) is 5.78 Å². The Balaban J connectivity index is 0.00000122. The van der Waals surface area contributed by atoms with Crippen molar-refractivity contribution in [2.45, 2.75) is 126 Å². The lowest BCUT2D eigenvalue weighted by Crippen LogP contribution is -2.23. The van der Waals surface area contributed by atoms with Gasteiger partial charge in [-0.3, -0.25) is 9.78 Å². The van der Waals surface area contributed by atoms with Gasteiger partial charge in [0.1, 0.15) is 5.69 Å². The average Bonchev–Trinajstić information content (AvgIpc) is 2.66. The zero-order chi connectivity index (χ0) is 25.1. The highest BCUT2D eigenvalue weighted by molar-refractivity contribution is 5.94. The van der Waals surface area contributed by atoms with E-state index in [1.165, 1.54) is 31.3 Å². The number of aryl methyl sites for hydroxylation is 1. The van der Waals surface area contributed by atoms with Gasteiger partial charge in [0.05, 0.1) is 29.8 Å². The summed E-state index contributed by atoms with van der Waals surface area (Å²) < 4.78 is 5.92. The number of aromatic nitrogens is 2. The molecule has 4 heteroatoms. The first-order chi connectivity index (χ1) is 15.3. The molecule has 0 amide bonds. The van der Waals surface area contributed by atoms with Crippen molar-refractivity contribution in [3.8, 4) is 0 Å². The molecule has 0 spiro atoms. The number of unbranched alkanes of at least 4 members (excludes halogenated alkanes) is 1. The lowest BCUT2D eigenvalue weighted by molar-refractivity contribution is -0.0243. The summed E-state index contributed by atoms with van der Waals surface area (Å²) in [5, 5.41) is 0. The van der Waals surface area contributed by atoms with Crippen LogP contribution >= 0.6 is 0 Å². The predicted molar refractivity (Wildman–Crippen MR) is 141 cm³/mol. The fraction of sp³-hybridized carbons (Fsp3) is 0.759. The van der Waals surface area contributed by atoms with Crippen molar-refractivity contribution in [2.75, 3.05) is 6.61 Å². The minimum atomic E-state index is -0.0923. The fourth-order valence-electron chi connectivity index (χ4n) is 3.03. The maximum Gasteiger partial charge on any atom is 0.182 e. The van der Waals surface area contributed by atoms with Crippen LogP contribution in [-0.4, -0.2) is 28.0 Å². The van der Waals surface area contributed by atoms with Crippen LogP contribution in [0.1, 0.15) is 135 Å². The summed E-state index contributed by atoms with van der Waals surface area (Å²) in [6, 6.07) is 0. The topological polar surface area (TPSA) is 52.1 Å². The summed E-state index contributed by atoms with van der Waals surface area (Å²) in [5.41, 5.74) is 3.34. The third-order valence-corrected chi connectivity index (χ3v) is 6.41. The van der Waals surface area contributed by atoms with Crippen molar-refractivity contribution in [1.29, 1.82) is 0 Å². The lowest BCUT2D eigenvalue weighted by atomic mass is 9.87. The van der Waals surface area contributed by atoms with Crippen LogP contribution in [0.3, 0.4) is 0 Å². The number of hydrogen-bond acceptors (Lipinski definition) is 4. The third-order valence-electron chi connectivity index (χ3n) is 6.41. The molecule has 4 nitrogen and oxygen atoms in total. The van der Waals surface area contributed by atoms with E-state index in [0.29, 0.717) is 18.0 Å². The van der Waals surface area contributed by atoms with Gasteiger partial charge in [-0.1, -0.05) is 71.8 Å². The molecule has 188 valence electrons. The largest absolute Gasteiger partial charge is 0.376 e. The number of ether oxygens (including phenoxy) is 1. The van der Waals surface area contributed by atoms with Gasteiger partial charge >= 0.3 is 0 Å². The summed E-state index contributed by atoms with van der Waals surface area (Å²) in [4.78, 5) is 21.6. The molecule has 0 radical (unpaired) electrons. The first-order valence-corrected chi connectivity index (χ1v) is 13.0. The molecule has 0 N–H and O–H groups in total. The standard InChI is InChI=1S/C25H42N2O2.C4H8/c1-10-20(17-29-25(7,8)9)13-11-12-14-23(28)22-16-26-19(3)21(27-22)15-18(2)24(4,5)6;1-2-4-3-1/h15-16,20H,10-14,17H2,1-9H3;1-4H2/b18-15+;/t20-;/m1./s1. The zero-order valence-corrected chi connectivity index (χ0v) is 23.0. The van der Waals surface area contributed by atoms with Gasteiger partial charge in [0.25, 0.3) is 0 Å². The molecule has 1 saturated carbocycles. The van der Waals surface area contributed by atoms with Gasteiger partial charge in [-0.2, -0.15) is 0 Å². The molecule has 0 aromatic carbocycles. The van der Waals surface area contributed by atoms with Crippen LogP contribution < -0.4 is 0 Å². The first kappa shape index (κ1) is 29.5. The van der Waals surface area contributed by atoms with Crippen molar-refractivity contribution in [2.24, 2.45) is 11.3 Å². The summed E-state index contributed by atoms with van der Waals surface area (Å²) >= 11 is 0. The van der Waals surface area contributed by atoms with Crippen LogP contribution in [-0.2, 0) is 4.74 Å². The van der Waals surface area contributed by atoms with E-state index in [-0.39, 0.29) is 16.8 Å². The van der Waals surface area contributed by atoms with E-state index in [1.54, 1.807) is 6.20 Å². The van der Waals surface area contributed by atoms with Crippen molar-refractivity contribution in [3.63, 3.8) is 0 Å². The highest BCUT2D eigenvalue weighted by Crippen LogP contribution is 2.26. The number of Topliss-reactive ketones (excluding diaryl/α,β-unsaturated/α-hetero) is 1. The Labute approximate surface area is 204 Å². The van der Waals surface area contributed by atoms with Gasteiger partial charge in [0, 0.05) is 6.42 Å². The second-order valence-electron chi connectivity index (χ2n) is 11.6. The van der Waals surface area contributed by atoms with Crippen molar-refractivity contribution < 1.29 is 9.53 Å². The minimum absolute atomic E-state index is 0.0701. The molecule has 0 saturated heterocycles. The van der Waals surface area contributed by atoms with Crippen molar-refractivity contribution >= 4 is 11.9 Å². The van der Waals surface area contributed by atoms with E-state index >= 15 is 0 Å². The number of nitrogens with zero attached hydrogens (tertiary/aromatic N) is 2. The number of hydrogen-bond donors (Lipinski definition) is 0. The van der Waals surface area contributed by atoms with Crippen LogP contribution in [0.2, 0.25) is 0 Å². The SMILES string of the molecule is C1CCC1.CC[C@H](CCCCC(=O)c1cnc(C)c(/C=C(\C)C(C)(C)C)n1)COC(C)(C)C. The van der Waals surface area contributed by atoms with E-state index in [9.17, 15) is 4.79 Å². The number of rotatable bonds is 10. The van der Waals surface area contributed by atoms with Crippen molar-refractivity contribution in [3.05, 3.63) is 28.9 Å². The quantitative estimate of drug-likeness (QED) is 0.261. The van der Waals surface area contributed by atoms with Crippen LogP contribution in [0.4, 0.5) is 0 Å². The highest BCUT2D eigenvalue weighted by Gasteiger charge is 2.16. The highest BCUT2D eigenvalue weighted by atomic mass is 16.5. The van der Waals surface area contributed by atoms with Gasteiger partial charge in [-0.05, 0) is 64.9 Å². The molecule has 1 aliphatic carbocycles. The normalized spacial score (nSPS) is 15.4. The molecule has 1 aromatic rings. The molecule has 1 fully saturated rings. The summed E-state index contributed by atoms with van der Waals surface area (Å²) in [6.07, 6.45) is 14.3. The third kappa shape index (κ3) is 12.5. The molecule has 33 heavy (non-hydrogen) atoms. The Morgan fingerprint density at radius 3 is 2.18 bits per heavy atom. The molecule has 1 atom stereocenters. The monoisotopic (exact) mass is 458 g/mol. The zero-order valence-electron chi connectivity index (χ0n) is 23.0. The Morgan fingerprint density at radius 1 is 1.09 bits per heavy atom. The smallest absolute Gasteiger partial charge is 0.182 e. The Bertz CT molecular complexity index is 746. The predicted octanol–water partition coefficient (Wildman–Crippen LogP) is 8.38. The van der Waals surface area contributed by atoms with Crippen LogP contribution in [0, 0.1) is 18.3 Å². The average molecular weight is 459 g/mol. The molecule has 0 unspecified atom stereocenters. The fourth-order valence-corrected chi connectivity index (χ4v) is 3.03. The van der Waals surface area contributed by atoms with Crippen molar-refractivity contribution in [1.82, 2.24) is 9.97 Å². The van der Waals surface area contributed by atoms with Gasteiger partial charge in [-0.15, -0.1) is 0 Å². The molecule has 2 rings (SSSR count). The lowest BCUT2D eigenvalue weighted by Gasteiger charge is -2.23. The maximum absolute atomic E-state index is 12.6. The van der Waals surface area contributed by atoms with Crippen LogP contribution in [0.5, 0.6) is 0 Å². The van der Waals surface area contributed by atoms with Gasteiger partial charge in [-0.25, -0.2) is 4.98 Å². The van der Waals surface area contributed by atoms with E-state index in [0.717, 1.165) is 43.7 Å². The summed E-state index contributed by atoms with van der Waals surface area (Å²) in [7, 11) is 0. The van der Waals surface area contributed by atoms with E-state index in [4.69, 9.17) is 4.74 Å². The Hall–Kier alpha value is -1.55. The summed E-state index contributed by atoms with van der Waals surface area (Å²) in [6.45, 7) is 19.8. The van der Waals surface area contributed by atoms with E-state index < -0.39 is 0 Å². The molecule has 1 aromatic heterocycles. The minimum Gasteiger partial charge on any atom is -0.376 e. The van der Waals surface area contributed by atoms with E-state index in [2.05, 4.69) is 71.4 Å². The van der Waals surface area contributed by atoms with Crippen LogP contribution in [0.15, 0.2) is 11.8 Å². The van der Waals surface area contributed by atoms with Crippen LogP contribution in [0.25, 0.3) is 6.08 Å². The number of ketones is 1. The van der Waals surface area contributed by atoms with Gasteiger partial charge < -0.3 is 4.74 Å². The summed E-state index contributed by atoms with van der Waals surface area (Å²) in [5.74, 6) is 0.639. The maximum atomic E-state index is 12.6. The molecule has 1 aliphatic rings. The first-order valence-electron chi connectivity index (χ1n) is 13.0. The molecular formula is C29H50N2O2. The molecule has 0 bridgehead atoms. The Kier molecular flexibility index (Phi) is 12.5. The molecular weight excluding hydrogens is 408 g/mol. The Morgan fingerprint density at radius 2 is 1.70 bits per heavy atom. The number of allylic oxidation sites excluding steroid dienone is 1. The number of carbonyl (C=O) groups excluding carboxylic acids is 1. The van der Waals surface area contributed by atoms with E-state index in [1.807, 2.05) is 6.92 Å². The molecule has 1 heterocycles. The molecule has 0 aliphatic heterocycles. The second kappa shape index (κ2) is 14.0. The van der Waals surface area contributed by atoms with Gasteiger partial charge in [0.2, 0.25) is 0 Å². The number of carbonyl (C=O) groups is 1.